The van der Waals surface area contributed by atoms with Crippen LogP contribution in [0.15, 0.2) is 72.9 Å². The number of imidazole rings is 1. The van der Waals surface area contributed by atoms with E-state index in [1.807, 2.05) is 43.3 Å². The van der Waals surface area contributed by atoms with Gasteiger partial charge in [0.05, 0.1) is 11.1 Å². The van der Waals surface area contributed by atoms with Crippen molar-refractivity contribution in [3.8, 4) is 11.3 Å². The predicted molar refractivity (Wildman–Crippen MR) is 105 cm³/mol. The fourth-order valence-electron chi connectivity index (χ4n) is 3.17. The first-order valence-electron chi connectivity index (χ1n) is 8.86. The second-order valence-electron chi connectivity index (χ2n) is 6.61. The number of hydrogen-bond donors (Lipinski definition) is 1. The highest BCUT2D eigenvalue weighted by atomic mass is 19.4. The molecular weight excluding hydrogens is 379 g/mol. The van der Waals surface area contributed by atoms with Gasteiger partial charge in [-0.25, -0.2) is 4.98 Å². The van der Waals surface area contributed by atoms with Gasteiger partial charge in [0.15, 0.2) is 0 Å². The molecule has 1 amide bonds. The summed E-state index contributed by atoms with van der Waals surface area (Å²) in [4.78, 5) is 17.4. The monoisotopic (exact) mass is 395 g/mol. The molecule has 0 radical (unpaired) electrons. The van der Waals surface area contributed by atoms with Crippen molar-refractivity contribution in [1.29, 1.82) is 0 Å². The maximum absolute atomic E-state index is 13.3. The van der Waals surface area contributed by atoms with Crippen molar-refractivity contribution >= 4 is 17.4 Å². The average molecular weight is 395 g/mol. The van der Waals surface area contributed by atoms with Crippen LogP contribution in [-0.4, -0.2) is 15.3 Å². The van der Waals surface area contributed by atoms with Crippen LogP contribution in [0.3, 0.4) is 0 Å². The van der Waals surface area contributed by atoms with E-state index >= 15 is 0 Å². The van der Waals surface area contributed by atoms with Crippen molar-refractivity contribution in [3.05, 3.63) is 89.6 Å². The zero-order chi connectivity index (χ0) is 20.6. The van der Waals surface area contributed by atoms with E-state index in [1.54, 1.807) is 16.7 Å². The van der Waals surface area contributed by atoms with Gasteiger partial charge in [-0.2, -0.15) is 13.2 Å². The highest BCUT2D eigenvalue weighted by Gasteiger charge is 2.35. The summed E-state index contributed by atoms with van der Waals surface area (Å²) in [6.07, 6.45) is -2.85. The lowest BCUT2D eigenvalue weighted by atomic mass is 10.1. The molecule has 0 aliphatic heterocycles. The SMILES string of the molecule is Cc1ccc2nc(-c3ccccc3)c(NC(=O)c3ccccc3C(F)(F)F)n2c1. The maximum Gasteiger partial charge on any atom is 0.417 e. The lowest BCUT2D eigenvalue weighted by Crippen LogP contribution is -2.19. The standard InChI is InChI=1S/C22H16F3N3O/c1-14-11-12-18-26-19(15-7-3-2-4-8-15)20(28(18)13-14)27-21(29)16-9-5-6-10-17(16)22(23,24)25/h2-13H,1H3,(H,27,29). The van der Waals surface area contributed by atoms with Crippen molar-refractivity contribution in [1.82, 2.24) is 9.38 Å². The van der Waals surface area contributed by atoms with Crippen LogP contribution in [0.2, 0.25) is 0 Å². The number of alkyl halides is 3. The summed E-state index contributed by atoms with van der Waals surface area (Å²) >= 11 is 0. The first kappa shape index (κ1) is 18.7. The first-order valence-corrected chi connectivity index (χ1v) is 8.86. The van der Waals surface area contributed by atoms with Crippen LogP contribution in [0.5, 0.6) is 0 Å². The molecule has 0 aliphatic carbocycles. The van der Waals surface area contributed by atoms with Gasteiger partial charge in [-0.3, -0.25) is 9.20 Å². The van der Waals surface area contributed by atoms with Crippen LogP contribution >= 0.6 is 0 Å². The Morgan fingerprint density at radius 3 is 2.38 bits per heavy atom. The van der Waals surface area contributed by atoms with Crippen LogP contribution in [0, 0.1) is 6.92 Å². The molecule has 0 fully saturated rings. The molecule has 0 spiro atoms. The largest absolute Gasteiger partial charge is 0.417 e. The van der Waals surface area contributed by atoms with E-state index in [1.165, 1.54) is 12.1 Å². The molecule has 0 saturated heterocycles. The molecule has 0 atom stereocenters. The molecule has 1 N–H and O–H groups in total. The van der Waals surface area contributed by atoms with Crippen molar-refractivity contribution in [3.63, 3.8) is 0 Å². The number of nitrogens with zero attached hydrogens (tertiary/aromatic N) is 2. The number of benzene rings is 2. The van der Waals surface area contributed by atoms with Gasteiger partial charge in [0.1, 0.15) is 17.2 Å². The summed E-state index contributed by atoms with van der Waals surface area (Å²) in [7, 11) is 0. The zero-order valence-electron chi connectivity index (χ0n) is 15.4. The quantitative estimate of drug-likeness (QED) is 0.492. The van der Waals surface area contributed by atoms with Crippen molar-refractivity contribution in [2.75, 3.05) is 5.32 Å². The molecule has 2 heterocycles. The fraction of sp³-hybridized carbons (Fsp3) is 0.0909. The number of anilines is 1. The Kier molecular flexibility index (Phi) is 4.58. The van der Waals surface area contributed by atoms with E-state index in [2.05, 4.69) is 10.3 Å². The van der Waals surface area contributed by atoms with Gasteiger partial charge >= 0.3 is 6.18 Å². The Hall–Kier alpha value is -3.61. The Morgan fingerprint density at radius 2 is 1.66 bits per heavy atom. The number of amides is 1. The number of fused-ring (bicyclic) bond motifs is 1. The van der Waals surface area contributed by atoms with E-state index in [-0.39, 0.29) is 0 Å². The molecular formula is C22H16F3N3O. The minimum Gasteiger partial charge on any atom is -0.306 e. The Bertz CT molecular complexity index is 1200. The van der Waals surface area contributed by atoms with Crippen LogP contribution < -0.4 is 5.32 Å². The van der Waals surface area contributed by atoms with E-state index in [4.69, 9.17) is 0 Å². The number of pyridine rings is 1. The number of aryl methyl sites for hydroxylation is 1. The first-order chi connectivity index (χ1) is 13.8. The summed E-state index contributed by atoms with van der Waals surface area (Å²) in [5.74, 6) is -0.532. The Balaban J connectivity index is 1.84. The minimum absolute atomic E-state index is 0.317. The summed E-state index contributed by atoms with van der Waals surface area (Å²) in [5.41, 5.74) is 1.29. The summed E-state index contributed by atoms with van der Waals surface area (Å²) < 4.78 is 41.7. The number of hydrogen-bond acceptors (Lipinski definition) is 2. The van der Waals surface area contributed by atoms with Crippen molar-refractivity contribution < 1.29 is 18.0 Å². The summed E-state index contributed by atoms with van der Waals surface area (Å²) in [5, 5.41) is 2.65. The van der Waals surface area contributed by atoms with Gasteiger partial charge in [-0.15, -0.1) is 0 Å². The Morgan fingerprint density at radius 1 is 0.966 bits per heavy atom. The van der Waals surface area contributed by atoms with Crippen LogP contribution in [0.4, 0.5) is 19.0 Å². The van der Waals surface area contributed by atoms with Gasteiger partial charge in [0.25, 0.3) is 5.91 Å². The average Bonchev–Trinajstić information content (AvgIpc) is 3.05. The molecule has 4 rings (SSSR count). The van der Waals surface area contributed by atoms with Crippen LogP contribution in [0.25, 0.3) is 16.9 Å². The third-order valence-corrected chi connectivity index (χ3v) is 4.52. The zero-order valence-corrected chi connectivity index (χ0v) is 15.4. The maximum atomic E-state index is 13.3. The lowest BCUT2D eigenvalue weighted by Gasteiger charge is -2.13. The summed E-state index contributed by atoms with van der Waals surface area (Å²) in [6.45, 7) is 1.88. The highest BCUT2D eigenvalue weighted by Crippen LogP contribution is 2.33. The van der Waals surface area contributed by atoms with E-state index in [0.29, 0.717) is 17.2 Å². The number of carbonyl (C=O) groups excluding carboxylic acids is 1. The normalized spacial score (nSPS) is 11.6. The number of nitrogens with one attached hydrogen (secondary N) is 1. The van der Waals surface area contributed by atoms with Gasteiger partial charge in [0, 0.05) is 11.8 Å². The number of aromatic nitrogens is 2. The highest BCUT2D eigenvalue weighted by molar-refractivity contribution is 6.06. The molecule has 2 aromatic carbocycles. The van der Waals surface area contributed by atoms with Crippen molar-refractivity contribution in [2.24, 2.45) is 0 Å². The van der Waals surface area contributed by atoms with Gasteiger partial charge in [0.2, 0.25) is 0 Å². The number of halogens is 3. The molecule has 0 unspecified atom stereocenters. The minimum atomic E-state index is -4.63. The molecule has 4 aromatic rings. The van der Waals surface area contributed by atoms with Crippen LogP contribution in [-0.2, 0) is 6.18 Å². The van der Waals surface area contributed by atoms with Crippen molar-refractivity contribution in [2.45, 2.75) is 13.1 Å². The third kappa shape index (κ3) is 3.59. The summed E-state index contributed by atoms with van der Waals surface area (Å²) in [6, 6.07) is 17.5. The number of rotatable bonds is 3. The molecule has 7 heteroatoms. The van der Waals surface area contributed by atoms with E-state index in [9.17, 15) is 18.0 Å². The lowest BCUT2D eigenvalue weighted by molar-refractivity contribution is -0.137. The van der Waals surface area contributed by atoms with Gasteiger partial charge in [-0.05, 0) is 30.7 Å². The van der Waals surface area contributed by atoms with Gasteiger partial charge in [-0.1, -0.05) is 48.5 Å². The third-order valence-electron chi connectivity index (χ3n) is 4.52. The Labute approximate surface area is 164 Å². The predicted octanol–water partition coefficient (Wildman–Crippen LogP) is 5.58. The fourth-order valence-corrected chi connectivity index (χ4v) is 3.17. The molecule has 0 saturated carbocycles. The molecule has 4 nitrogen and oxygen atoms in total. The molecule has 29 heavy (non-hydrogen) atoms. The second-order valence-corrected chi connectivity index (χ2v) is 6.61. The number of carbonyl (C=O) groups is 1. The van der Waals surface area contributed by atoms with Gasteiger partial charge < -0.3 is 5.32 Å². The topological polar surface area (TPSA) is 46.4 Å². The second kappa shape index (κ2) is 7.09. The molecule has 146 valence electrons. The van der Waals surface area contributed by atoms with E-state index in [0.717, 1.165) is 23.3 Å². The van der Waals surface area contributed by atoms with E-state index < -0.39 is 23.2 Å². The molecule has 2 aromatic heterocycles. The molecule has 0 bridgehead atoms. The molecule has 0 aliphatic rings. The smallest absolute Gasteiger partial charge is 0.306 e. The van der Waals surface area contributed by atoms with Crippen LogP contribution in [0.1, 0.15) is 21.5 Å².